The highest BCUT2D eigenvalue weighted by Gasteiger charge is 2.41. The van der Waals surface area contributed by atoms with Crippen molar-refractivity contribution < 1.29 is 22.7 Å². The second-order valence-electron chi connectivity index (χ2n) is 10.1. The molecular weight excluding hydrogens is 520 g/mol. The highest BCUT2D eigenvalue weighted by atomic mass is 32.2. The van der Waals surface area contributed by atoms with Gasteiger partial charge in [-0.2, -0.15) is 4.31 Å². The average Bonchev–Trinajstić information content (AvgIpc) is 3.65. The number of rotatable bonds is 10. The van der Waals surface area contributed by atoms with Gasteiger partial charge >= 0.3 is 0 Å². The Kier molecular flexibility index (Phi) is 7.79. The van der Waals surface area contributed by atoms with Gasteiger partial charge in [0.15, 0.2) is 0 Å². The number of benzene rings is 2. The standard InChI is InChI=1S/C29H34N2O5S2/c1-20(2)21-4-8-24(9-5-21)36-19-27-26-15-17-37-28(26)14-16-30(27)29(32)18-31(22-6-7-22)38(33,34)25-12-10-23(35-3)11-13-25/h4-5,8-13,15,17,20,22,27H,6-7,14,16,18-19H2,1-3H3. The van der Waals surface area contributed by atoms with E-state index in [1.54, 1.807) is 28.4 Å². The van der Waals surface area contributed by atoms with Crippen LogP contribution in [0.1, 0.15) is 54.7 Å². The van der Waals surface area contributed by atoms with E-state index in [1.807, 2.05) is 17.5 Å². The lowest BCUT2D eigenvalue weighted by molar-refractivity contribution is -0.135. The van der Waals surface area contributed by atoms with E-state index < -0.39 is 10.0 Å². The molecule has 0 radical (unpaired) electrons. The molecule has 0 bridgehead atoms. The van der Waals surface area contributed by atoms with E-state index in [9.17, 15) is 13.2 Å². The summed E-state index contributed by atoms with van der Waals surface area (Å²) in [6, 6.07) is 16.0. The Morgan fingerprint density at radius 2 is 1.74 bits per heavy atom. The Morgan fingerprint density at radius 3 is 2.37 bits per heavy atom. The van der Waals surface area contributed by atoms with Crippen molar-refractivity contribution in [3.8, 4) is 11.5 Å². The number of thiophene rings is 1. The normalized spacial score (nSPS) is 17.5. The maximum atomic E-state index is 13.7. The van der Waals surface area contributed by atoms with Crippen molar-refractivity contribution in [2.24, 2.45) is 0 Å². The Bertz CT molecular complexity index is 1360. The molecule has 7 nitrogen and oxygen atoms in total. The molecule has 2 aromatic carbocycles. The van der Waals surface area contributed by atoms with Gasteiger partial charge in [-0.25, -0.2) is 8.42 Å². The topological polar surface area (TPSA) is 76.2 Å². The van der Waals surface area contributed by atoms with Crippen molar-refractivity contribution in [1.82, 2.24) is 9.21 Å². The molecule has 1 unspecified atom stereocenters. The van der Waals surface area contributed by atoms with Crippen LogP contribution >= 0.6 is 11.3 Å². The number of nitrogens with zero attached hydrogens (tertiary/aromatic N) is 2. The van der Waals surface area contributed by atoms with Gasteiger partial charge in [0, 0.05) is 17.5 Å². The van der Waals surface area contributed by atoms with Crippen LogP contribution in [0.5, 0.6) is 11.5 Å². The number of methoxy groups -OCH3 is 1. The summed E-state index contributed by atoms with van der Waals surface area (Å²) in [5.74, 6) is 1.58. The molecule has 9 heteroatoms. The molecule has 1 aromatic heterocycles. The molecule has 38 heavy (non-hydrogen) atoms. The number of carbonyl (C=O) groups is 1. The Balaban J connectivity index is 1.34. The summed E-state index contributed by atoms with van der Waals surface area (Å²) in [5, 5.41) is 2.05. The molecule has 1 atom stereocenters. The number of ether oxygens (including phenoxy) is 2. The molecule has 2 heterocycles. The molecule has 2 aliphatic rings. The zero-order valence-corrected chi connectivity index (χ0v) is 23.6. The third-order valence-electron chi connectivity index (χ3n) is 7.28. The number of hydrogen-bond acceptors (Lipinski definition) is 6. The van der Waals surface area contributed by atoms with Crippen molar-refractivity contribution >= 4 is 27.3 Å². The van der Waals surface area contributed by atoms with Gasteiger partial charge in [0.2, 0.25) is 15.9 Å². The number of hydrogen-bond donors (Lipinski definition) is 0. The number of sulfonamides is 1. The lowest BCUT2D eigenvalue weighted by atomic mass is 10.0. The van der Waals surface area contributed by atoms with Gasteiger partial charge in [0.1, 0.15) is 18.1 Å². The summed E-state index contributed by atoms with van der Waals surface area (Å²) in [6.07, 6.45) is 2.28. The quantitative estimate of drug-likeness (QED) is 0.343. The van der Waals surface area contributed by atoms with E-state index in [0.717, 1.165) is 30.6 Å². The molecule has 3 aromatic rings. The van der Waals surface area contributed by atoms with Crippen molar-refractivity contribution in [3.05, 3.63) is 76.0 Å². The van der Waals surface area contributed by atoms with Gasteiger partial charge in [0.05, 0.1) is 24.6 Å². The molecule has 1 aliphatic heterocycles. The summed E-state index contributed by atoms with van der Waals surface area (Å²) in [5.41, 5.74) is 2.33. The molecule has 0 spiro atoms. The molecule has 0 saturated heterocycles. The molecule has 0 N–H and O–H groups in total. The largest absolute Gasteiger partial charge is 0.497 e. The molecule has 1 saturated carbocycles. The van der Waals surface area contributed by atoms with Crippen molar-refractivity contribution in [1.29, 1.82) is 0 Å². The van der Waals surface area contributed by atoms with Crippen molar-refractivity contribution in [3.63, 3.8) is 0 Å². The predicted octanol–water partition coefficient (Wildman–Crippen LogP) is 5.24. The van der Waals surface area contributed by atoms with Crippen LogP contribution in [0.4, 0.5) is 0 Å². The third-order valence-corrected chi connectivity index (χ3v) is 10.2. The molecule has 1 amide bonds. The van der Waals surface area contributed by atoms with Gasteiger partial charge in [-0.15, -0.1) is 11.3 Å². The molecule has 1 aliphatic carbocycles. The first-order valence-electron chi connectivity index (χ1n) is 13.0. The highest BCUT2D eigenvalue weighted by molar-refractivity contribution is 7.89. The summed E-state index contributed by atoms with van der Waals surface area (Å²) >= 11 is 1.69. The zero-order chi connectivity index (χ0) is 26.9. The smallest absolute Gasteiger partial charge is 0.243 e. The molecule has 1 fully saturated rings. The summed E-state index contributed by atoms with van der Waals surface area (Å²) in [4.78, 5) is 17.0. The molecule has 202 valence electrons. The first kappa shape index (κ1) is 26.7. The van der Waals surface area contributed by atoms with Crippen molar-refractivity contribution in [2.45, 2.75) is 56.0 Å². The minimum Gasteiger partial charge on any atom is -0.497 e. The Hall–Kier alpha value is -2.88. The fourth-order valence-corrected chi connectivity index (χ4v) is 7.44. The maximum absolute atomic E-state index is 13.7. The van der Waals surface area contributed by atoms with Gasteiger partial charge in [-0.3, -0.25) is 4.79 Å². The van der Waals surface area contributed by atoms with Gasteiger partial charge < -0.3 is 14.4 Å². The van der Waals surface area contributed by atoms with Crippen LogP contribution in [-0.2, 0) is 21.2 Å². The SMILES string of the molecule is COc1ccc(S(=O)(=O)N(CC(=O)N2CCc3sccc3C2COc2ccc(C(C)C)cc2)C2CC2)cc1. The first-order valence-corrected chi connectivity index (χ1v) is 15.3. The average molecular weight is 555 g/mol. The van der Waals surface area contributed by atoms with Gasteiger partial charge in [-0.05, 0) is 84.2 Å². The van der Waals surface area contributed by atoms with Crippen LogP contribution < -0.4 is 9.47 Å². The van der Waals surface area contributed by atoms with Crippen LogP contribution in [0.2, 0.25) is 0 Å². The van der Waals surface area contributed by atoms with Gasteiger partial charge in [0.25, 0.3) is 0 Å². The first-order chi connectivity index (χ1) is 18.3. The summed E-state index contributed by atoms with van der Waals surface area (Å²) in [6.45, 7) is 4.97. The van der Waals surface area contributed by atoms with Gasteiger partial charge in [-0.1, -0.05) is 26.0 Å². The fraction of sp³-hybridized carbons (Fsp3) is 0.414. The van der Waals surface area contributed by atoms with Crippen LogP contribution in [0.3, 0.4) is 0 Å². The second kappa shape index (κ2) is 11.1. The highest BCUT2D eigenvalue weighted by Crippen LogP contribution is 2.36. The third kappa shape index (κ3) is 5.60. The van der Waals surface area contributed by atoms with E-state index in [1.165, 1.54) is 34.0 Å². The predicted molar refractivity (Wildman–Crippen MR) is 148 cm³/mol. The molecular formula is C29H34N2O5S2. The number of carbonyl (C=O) groups excluding carboxylic acids is 1. The Labute approximate surface area is 229 Å². The van der Waals surface area contributed by atoms with Crippen molar-refractivity contribution in [2.75, 3.05) is 26.8 Å². The van der Waals surface area contributed by atoms with Crippen LogP contribution in [-0.4, -0.2) is 56.4 Å². The van der Waals surface area contributed by atoms with Crippen LogP contribution in [0.25, 0.3) is 0 Å². The minimum atomic E-state index is -3.83. The lowest BCUT2D eigenvalue weighted by Gasteiger charge is -2.37. The molecule has 5 rings (SSSR count). The zero-order valence-electron chi connectivity index (χ0n) is 22.0. The van der Waals surface area contributed by atoms with E-state index >= 15 is 0 Å². The summed E-state index contributed by atoms with van der Waals surface area (Å²) in [7, 11) is -2.29. The van der Waals surface area contributed by atoms with E-state index in [4.69, 9.17) is 9.47 Å². The van der Waals surface area contributed by atoms with E-state index in [0.29, 0.717) is 24.8 Å². The summed E-state index contributed by atoms with van der Waals surface area (Å²) < 4.78 is 39.8. The minimum absolute atomic E-state index is 0.151. The maximum Gasteiger partial charge on any atom is 0.243 e. The fourth-order valence-electron chi connectivity index (χ4n) is 4.88. The van der Waals surface area contributed by atoms with Crippen LogP contribution in [0, 0.1) is 0 Å². The second-order valence-corrected chi connectivity index (χ2v) is 13.0. The van der Waals surface area contributed by atoms with Crippen LogP contribution in [0.15, 0.2) is 64.9 Å². The van der Waals surface area contributed by atoms with E-state index in [-0.39, 0.29) is 29.4 Å². The lowest BCUT2D eigenvalue weighted by Crippen LogP contribution is -2.48. The Morgan fingerprint density at radius 1 is 1.05 bits per heavy atom. The monoisotopic (exact) mass is 554 g/mol. The number of amides is 1. The van der Waals surface area contributed by atoms with E-state index in [2.05, 4.69) is 32.0 Å². The number of fused-ring (bicyclic) bond motifs is 1.